The first-order valence-corrected chi connectivity index (χ1v) is 5.17. The summed E-state index contributed by atoms with van der Waals surface area (Å²) in [4.78, 5) is 22.4. The zero-order valence-electron chi connectivity index (χ0n) is 8.45. The molecule has 0 aromatic carbocycles. The maximum atomic E-state index is 11.5. The number of nitrogens with one attached hydrogen (secondary N) is 1. The number of hydrogen-bond acceptors (Lipinski definition) is 2. The van der Waals surface area contributed by atoms with Crippen molar-refractivity contribution in [3.8, 4) is 0 Å². The molecule has 1 fully saturated rings. The van der Waals surface area contributed by atoms with E-state index in [4.69, 9.17) is 5.11 Å². The molecule has 0 saturated heterocycles. The van der Waals surface area contributed by atoms with E-state index in [1.54, 1.807) is 0 Å². The molecule has 1 amide bonds. The first-order chi connectivity index (χ1) is 6.66. The molecule has 1 aliphatic rings. The number of carboxylic acid groups (broad SMARTS) is 1. The van der Waals surface area contributed by atoms with E-state index in [1.807, 2.05) is 6.92 Å². The minimum absolute atomic E-state index is 0.0976. The molecule has 4 heteroatoms. The van der Waals surface area contributed by atoms with Crippen molar-refractivity contribution in [2.45, 2.75) is 32.6 Å². The molecule has 0 aromatic heterocycles. The fourth-order valence-corrected chi connectivity index (χ4v) is 2.05. The number of aliphatic carboxylic acids is 1. The van der Waals surface area contributed by atoms with Gasteiger partial charge in [-0.05, 0) is 19.8 Å². The zero-order valence-corrected chi connectivity index (χ0v) is 8.45. The van der Waals surface area contributed by atoms with Gasteiger partial charge in [0.25, 0.3) is 0 Å². The van der Waals surface area contributed by atoms with Gasteiger partial charge in [-0.25, -0.2) is 0 Å². The van der Waals surface area contributed by atoms with Crippen molar-refractivity contribution in [3.63, 3.8) is 0 Å². The molecule has 0 unspecified atom stereocenters. The molecular formula is C10H17NO3. The molecule has 80 valence electrons. The lowest BCUT2D eigenvalue weighted by atomic mass is 9.79. The first kappa shape index (κ1) is 11.0. The quantitative estimate of drug-likeness (QED) is 0.713. The van der Waals surface area contributed by atoms with Gasteiger partial charge in [0.2, 0.25) is 5.91 Å². The molecule has 14 heavy (non-hydrogen) atoms. The van der Waals surface area contributed by atoms with Crippen LogP contribution in [0.2, 0.25) is 0 Å². The van der Waals surface area contributed by atoms with E-state index < -0.39 is 11.9 Å². The summed E-state index contributed by atoms with van der Waals surface area (Å²) in [6.07, 6.45) is 3.23. The van der Waals surface area contributed by atoms with Gasteiger partial charge in [0.05, 0.1) is 11.8 Å². The summed E-state index contributed by atoms with van der Waals surface area (Å²) in [5.41, 5.74) is 0. The van der Waals surface area contributed by atoms with Gasteiger partial charge in [0.1, 0.15) is 0 Å². The summed E-state index contributed by atoms with van der Waals surface area (Å²) in [6.45, 7) is 2.41. The molecule has 0 aliphatic heterocycles. The number of carbonyl (C=O) groups is 2. The Hall–Kier alpha value is -1.06. The Bertz CT molecular complexity index is 227. The van der Waals surface area contributed by atoms with Crippen molar-refractivity contribution in [2.24, 2.45) is 11.8 Å². The van der Waals surface area contributed by atoms with Crippen LogP contribution in [-0.2, 0) is 9.59 Å². The third-order valence-corrected chi connectivity index (χ3v) is 2.77. The predicted molar refractivity (Wildman–Crippen MR) is 51.8 cm³/mol. The Morgan fingerprint density at radius 2 is 1.86 bits per heavy atom. The maximum absolute atomic E-state index is 11.5. The molecule has 0 bridgehead atoms. The molecule has 1 saturated carbocycles. The Labute approximate surface area is 83.7 Å². The third kappa shape index (κ3) is 2.47. The summed E-state index contributed by atoms with van der Waals surface area (Å²) in [6, 6.07) is 0. The molecule has 0 heterocycles. The highest BCUT2D eigenvalue weighted by Gasteiger charge is 2.35. The normalized spacial score (nSPS) is 26.9. The van der Waals surface area contributed by atoms with Crippen LogP contribution >= 0.6 is 0 Å². The van der Waals surface area contributed by atoms with Crippen molar-refractivity contribution < 1.29 is 14.7 Å². The zero-order chi connectivity index (χ0) is 10.6. The van der Waals surface area contributed by atoms with Crippen molar-refractivity contribution >= 4 is 11.9 Å². The second-order valence-electron chi connectivity index (χ2n) is 3.73. The monoisotopic (exact) mass is 199 g/mol. The van der Waals surface area contributed by atoms with E-state index in [2.05, 4.69) is 5.32 Å². The van der Waals surface area contributed by atoms with E-state index in [9.17, 15) is 9.59 Å². The molecule has 1 aliphatic carbocycles. The van der Waals surface area contributed by atoms with Crippen LogP contribution in [-0.4, -0.2) is 23.5 Å². The highest BCUT2D eigenvalue weighted by molar-refractivity contribution is 5.84. The predicted octanol–water partition coefficient (Wildman–Crippen LogP) is 1.01. The fraction of sp³-hybridized carbons (Fsp3) is 0.800. The van der Waals surface area contributed by atoms with Gasteiger partial charge in [0.15, 0.2) is 0 Å². The number of carboxylic acids is 1. The third-order valence-electron chi connectivity index (χ3n) is 2.77. The Morgan fingerprint density at radius 1 is 1.29 bits per heavy atom. The molecule has 1 rings (SSSR count). The standard InChI is InChI=1S/C10H17NO3/c1-2-11-9(12)7-5-3-4-6-8(7)10(13)14/h7-8H,2-6H2,1H3,(H,11,12)(H,13,14)/t7-,8+/m1/s1. The summed E-state index contributed by atoms with van der Waals surface area (Å²) in [7, 11) is 0. The fourth-order valence-electron chi connectivity index (χ4n) is 2.05. The van der Waals surface area contributed by atoms with Crippen LogP contribution in [0.25, 0.3) is 0 Å². The number of amides is 1. The number of hydrogen-bond donors (Lipinski definition) is 2. The Kier molecular flexibility index (Phi) is 3.92. The lowest BCUT2D eigenvalue weighted by molar-refractivity contribution is -0.148. The lowest BCUT2D eigenvalue weighted by Crippen LogP contribution is -2.39. The van der Waals surface area contributed by atoms with E-state index >= 15 is 0 Å². The Balaban J connectivity index is 2.62. The maximum Gasteiger partial charge on any atom is 0.307 e. The molecule has 0 radical (unpaired) electrons. The summed E-state index contributed by atoms with van der Waals surface area (Å²) in [5, 5.41) is 11.6. The molecule has 0 spiro atoms. The van der Waals surface area contributed by atoms with Crippen LogP contribution in [0.15, 0.2) is 0 Å². The smallest absolute Gasteiger partial charge is 0.307 e. The van der Waals surface area contributed by atoms with Crippen LogP contribution in [0.1, 0.15) is 32.6 Å². The number of rotatable bonds is 3. The summed E-state index contributed by atoms with van der Waals surface area (Å²) in [5.74, 6) is -1.72. The highest BCUT2D eigenvalue weighted by Crippen LogP contribution is 2.30. The van der Waals surface area contributed by atoms with E-state index in [-0.39, 0.29) is 11.8 Å². The van der Waals surface area contributed by atoms with Crippen LogP contribution in [0.4, 0.5) is 0 Å². The van der Waals surface area contributed by atoms with Crippen molar-refractivity contribution in [3.05, 3.63) is 0 Å². The lowest BCUT2D eigenvalue weighted by Gasteiger charge is -2.27. The summed E-state index contributed by atoms with van der Waals surface area (Å²) < 4.78 is 0. The minimum Gasteiger partial charge on any atom is -0.481 e. The van der Waals surface area contributed by atoms with Crippen molar-refractivity contribution in [1.29, 1.82) is 0 Å². The van der Waals surface area contributed by atoms with Crippen LogP contribution in [0, 0.1) is 11.8 Å². The van der Waals surface area contributed by atoms with Crippen molar-refractivity contribution in [1.82, 2.24) is 5.32 Å². The summed E-state index contributed by atoms with van der Waals surface area (Å²) >= 11 is 0. The molecule has 2 atom stereocenters. The average molecular weight is 199 g/mol. The Morgan fingerprint density at radius 3 is 2.36 bits per heavy atom. The number of carbonyl (C=O) groups excluding carboxylic acids is 1. The van der Waals surface area contributed by atoms with Gasteiger partial charge in [-0.3, -0.25) is 9.59 Å². The molecule has 4 nitrogen and oxygen atoms in total. The average Bonchev–Trinajstić information content (AvgIpc) is 2.18. The largest absolute Gasteiger partial charge is 0.481 e. The van der Waals surface area contributed by atoms with Crippen molar-refractivity contribution in [2.75, 3.05) is 6.54 Å². The van der Waals surface area contributed by atoms with E-state index in [0.717, 1.165) is 12.8 Å². The van der Waals surface area contributed by atoms with Crippen LogP contribution in [0.5, 0.6) is 0 Å². The minimum atomic E-state index is -0.832. The topological polar surface area (TPSA) is 66.4 Å². The second-order valence-corrected chi connectivity index (χ2v) is 3.73. The van der Waals surface area contributed by atoms with E-state index in [1.165, 1.54) is 0 Å². The van der Waals surface area contributed by atoms with E-state index in [0.29, 0.717) is 19.4 Å². The van der Waals surface area contributed by atoms with Gasteiger partial charge in [-0.15, -0.1) is 0 Å². The second kappa shape index (κ2) is 4.98. The van der Waals surface area contributed by atoms with Crippen LogP contribution < -0.4 is 5.32 Å². The van der Waals surface area contributed by atoms with Gasteiger partial charge in [0, 0.05) is 6.54 Å². The molecule has 2 N–H and O–H groups in total. The van der Waals surface area contributed by atoms with Gasteiger partial charge in [-0.1, -0.05) is 12.8 Å². The highest BCUT2D eigenvalue weighted by atomic mass is 16.4. The van der Waals surface area contributed by atoms with Crippen LogP contribution in [0.3, 0.4) is 0 Å². The molecule has 0 aromatic rings. The first-order valence-electron chi connectivity index (χ1n) is 5.17. The van der Waals surface area contributed by atoms with Gasteiger partial charge < -0.3 is 10.4 Å². The van der Waals surface area contributed by atoms with Gasteiger partial charge >= 0.3 is 5.97 Å². The molecular weight excluding hydrogens is 182 g/mol. The van der Waals surface area contributed by atoms with Gasteiger partial charge in [-0.2, -0.15) is 0 Å². The SMILES string of the molecule is CCNC(=O)[C@@H]1CCCC[C@@H]1C(=O)O.